The van der Waals surface area contributed by atoms with Crippen LogP contribution in [0.2, 0.25) is 0 Å². The molecule has 0 aliphatic carbocycles. The molecule has 0 bridgehead atoms. The number of hydrogen-bond acceptors (Lipinski definition) is 7. The Morgan fingerprint density at radius 2 is 0.684 bits per heavy atom. The molecule has 0 saturated carbocycles. The quantitative estimate of drug-likeness (QED) is 0.239. The Hall–Kier alpha value is -5.37. The van der Waals surface area contributed by atoms with E-state index in [2.05, 4.69) is 0 Å². The van der Waals surface area contributed by atoms with Gasteiger partial charge < -0.3 is 30.6 Å². The molecule has 3 aromatic rings. The van der Waals surface area contributed by atoms with E-state index < -0.39 is 68.9 Å². The minimum Gasteiger partial charge on any atom is -0.478 e. The second-order valence-corrected chi connectivity index (χ2v) is 8.54. The summed E-state index contributed by atoms with van der Waals surface area (Å²) in [6.45, 7) is 0. The number of hydrogen-bond donors (Lipinski definition) is 6. The summed E-state index contributed by atoms with van der Waals surface area (Å²) >= 11 is 0. The van der Waals surface area contributed by atoms with Crippen molar-refractivity contribution in [2.24, 2.45) is 0 Å². The number of benzene rings is 3. The fourth-order valence-electron chi connectivity index (χ4n) is 3.00. The maximum absolute atomic E-state index is 12.6. The van der Waals surface area contributed by atoms with Gasteiger partial charge in [0, 0.05) is 9.79 Å². The minimum absolute atomic E-state index is 0.0770. The lowest BCUT2D eigenvalue weighted by molar-refractivity contribution is 0.0651. The topological polar surface area (TPSA) is 241 Å². The van der Waals surface area contributed by atoms with Crippen LogP contribution < -0.4 is 0 Å². The molecule has 6 N–H and O–H groups in total. The molecule has 14 heteroatoms. The average Bonchev–Trinajstić information content (AvgIpc) is 2.87. The highest BCUT2D eigenvalue weighted by Crippen LogP contribution is 2.23. The molecule has 0 aromatic heterocycles. The summed E-state index contributed by atoms with van der Waals surface area (Å²) in [4.78, 5) is 65.2. The van der Waals surface area contributed by atoms with E-state index in [1.165, 1.54) is 24.3 Å². The van der Waals surface area contributed by atoms with Crippen molar-refractivity contribution < 1.29 is 63.6 Å². The molecular weight excluding hydrogens is 528 g/mol. The van der Waals surface area contributed by atoms with Crippen LogP contribution in [-0.2, 0) is 10.8 Å². The highest BCUT2D eigenvalue weighted by Gasteiger charge is 2.21. The van der Waals surface area contributed by atoms with Crippen molar-refractivity contribution in [2.45, 2.75) is 9.79 Å². The smallest absolute Gasteiger partial charge is 0.336 e. The Bertz CT molecular complexity index is 1400. The van der Waals surface area contributed by atoms with Gasteiger partial charge in [0.15, 0.2) is 0 Å². The molecule has 3 aromatic carbocycles. The Morgan fingerprint density at radius 1 is 0.421 bits per heavy atom. The fraction of sp³-hybridized carbons (Fsp3) is 0. The van der Waals surface area contributed by atoms with Crippen molar-refractivity contribution in [2.75, 3.05) is 0 Å². The van der Waals surface area contributed by atoms with Crippen molar-refractivity contribution in [3.63, 3.8) is 0 Å². The normalized spacial score (nSPS) is 10.1. The zero-order valence-electron chi connectivity index (χ0n) is 18.7. The first kappa shape index (κ1) is 28.9. The Balaban J connectivity index is 0.000000352. The summed E-state index contributed by atoms with van der Waals surface area (Å²) in [7, 11) is -2.06. The lowest BCUT2D eigenvalue weighted by Gasteiger charge is -2.08. The highest BCUT2D eigenvalue weighted by molar-refractivity contribution is 7.85. The van der Waals surface area contributed by atoms with Crippen LogP contribution in [0.1, 0.15) is 62.1 Å². The van der Waals surface area contributed by atoms with Crippen LogP contribution >= 0.6 is 0 Å². The van der Waals surface area contributed by atoms with Gasteiger partial charge in [-0.15, -0.1) is 0 Å². The van der Waals surface area contributed by atoms with Crippen molar-refractivity contribution >= 4 is 46.6 Å². The van der Waals surface area contributed by atoms with Gasteiger partial charge >= 0.3 is 35.8 Å². The molecule has 0 radical (unpaired) electrons. The van der Waals surface area contributed by atoms with Gasteiger partial charge in [0.05, 0.1) is 44.2 Å². The van der Waals surface area contributed by atoms with E-state index in [1.54, 1.807) is 0 Å². The van der Waals surface area contributed by atoms with Gasteiger partial charge in [-0.3, -0.25) is 0 Å². The lowest BCUT2D eigenvalue weighted by Crippen LogP contribution is -2.10. The van der Waals surface area contributed by atoms with Gasteiger partial charge in [-0.2, -0.15) is 0 Å². The molecule has 0 heterocycles. The Labute approximate surface area is 214 Å². The molecule has 0 spiro atoms. The van der Waals surface area contributed by atoms with Crippen LogP contribution in [0.4, 0.5) is 0 Å². The van der Waals surface area contributed by atoms with Crippen LogP contribution in [0.15, 0.2) is 70.5 Å². The number of rotatable bonds is 8. The first-order valence-corrected chi connectivity index (χ1v) is 11.1. The minimum atomic E-state index is -2.06. The van der Waals surface area contributed by atoms with Crippen molar-refractivity contribution in [3.05, 3.63) is 94.0 Å². The van der Waals surface area contributed by atoms with Gasteiger partial charge in [-0.05, 0) is 48.5 Å². The summed E-state index contributed by atoms with van der Waals surface area (Å²) in [6, 6.07) is 11.5. The van der Waals surface area contributed by atoms with Crippen LogP contribution in [0.3, 0.4) is 0 Å². The molecule has 38 heavy (non-hydrogen) atoms. The number of aromatic carboxylic acids is 6. The van der Waals surface area contributed by atoms with Crippen molar-refractivity contribution in [3.8, 4) is 0 Å². The maximum Gasteiger partial charge on any atom is 0.336 e. The van der Waals surface area contributed by atoms with E-state index in [1.807, 2.05) is 0 Å². The Morgan fingerprint density at radius 3 is 0.947 bits per heavy atom. The highest BCUT2D eigenvalue weighted by atomic mass is 32.2. The number of carbonyl (C=O) groups is 6. The first-order chi connectivity index (χ1) is 17.8. The van der Waals surface area contributed by atoms with Crippen LogP contribution in [-0.4, -0.2) is 70.7 Å². The molecular formula is C24H16O13S. The predicted octanol–water partition coefficient (Wildman–Crippen LogP) is 2.73. The monoisotopic (exact) mass is 544 g/mol. The van der Waals surface area contributed by atoms with Gasteiger partial charge in [0.1, 0.15) is 0 Å². The molecule has 0 aliphatic heterocycles. The maximum atomic E-state index is 12.6. The molecule has 0 unspecified atom stereocenters. The van der Waals surface area contributed by atoms with Crippen LogP contribution in [0.5, 0.6) is 0 Å². The summed E-state index contributed by atoms with van der Waals surface area (Å²) in [5.74, 6) is -8.47. The SMILES string of the molecule is O=C(O)c1ccc(S(=O)c2ccc(C(=O)O)c(C(=O)O)c2)cc1C(=O)O.O=C(O)c1ccccc1C(=O)O. The summed E-state index contributed by atoms with van der Waals surface area (Å²) in [6.07, 6.45) is 0. The number of carboxylic acid groups (broad SMARTS) is 6. The third-order valence-corrected chi connectivity index (χ3v) is 6.08. The van der Waals surface area contributed by atoms with E-state index in [9.17, 15) is 33.0 Å². The largest absolute Gasteiger partial charge is 0.478 e. The number of carboxylic acids is 6. The zero-order chi connectivity index (χ0) is 28.7. The third-order valence-electron chi connectivity index (χ3n) is 4.72. The second kappa shape index (κ2) is 12.0. The van der Waals surface area contributed by atoms with E-state index in [0.29, 0.717) is 0 Å². The first-order valence-electron chi connectivity index (χ1n) is 9.94. The van der Waals surface area contributed by atoms with Gasteiger partial charge in [-0.1, -0.05) is 12.1 Å². The van der Waals surface area contributed by atoms with Gasteiger partial charge in [0.25, 0.3) is 0 Å². The van der Waals surface area contributed by atoms with E-state index in [0.717, 1.165) is 36.4 Å². The zero-order valence-corrected chi connectivity index (χ0v) is 19.5. The van der Waals surface area contributed by atoms with E-state index in [4.69, 9.17) is 30.6 Å². The molecule has 3 rings (SSSR count). The van der Waals surface area contributed by atoms with Gasteiger partial charge in [-0.25, -0.2) is 33.0 Å². The summed E-state index contributed by atoms with van der Waals surface area (Å²) < 4.78 is 12.6. The summed E-state index contributed by atoms with van der Waals surface area (Å²) in [5.41, 5.74) is -2.53. The van der Waals surface area contributed by atoms with E-state index >= 15 is 0 Å². The molecule has 0 saturated heterocycles. The van der Waals surface area contributed by atoms with Crippen LogP contribution in [0.25, 0.3) is 0 Å². The van der Waals surface area contributed by atoms with Crippen LogP contribution in [0, 0.1) is 0 Å². The molecule has 0 fully saturated rings. The third kappa shape index (κ3) is 6.64. The van der Waals surface area contributed by atoms with Crippen molar-refractivity contribution in [1.82, 2.24) is 0 Å². The lowest BCUT2D eigenvalue weighted by atomic mass is 10.1. The molecule has 0 amide bonds. The molecule has 13 nitrogen and oxygen atoms in total. The predicted molar refractivity (Wildman–Crippen MR) is 126 cm³/mol. The van der Waals surface area contributed by atoms with Crippen molar-refractivity contribution in [1.29, 1.82) is 0 Å². The Kier molecular flexibility index (Phi) is 9.15. The molecule has 0 atom stereocenters. The summed E-state index contributed by atoms with van der Waals surface area (Å²) in [5, 5.41) is 53.3. The second-order valence-electron chi connectivity index (χ2n) is 7.06. The van der Waals surface area contributed by atoms with Gasteiger partial charge in [0.2, 0.25) is 0 Å². The fourth-order valence-corrected chi connectivity index (χ4v) is 4.10. The molecule has 0 aliphatic rings. The molecule has 196 valence electrons. The average molecular weight is 544 g/mol. The van der Waals surface area contributed by atoms with E-state index in [-0.39, 0.29) is 20.9 Å². The standard InChI is InChI=1S/C16H10O9S.C8H6O4/c17-13(18)9-3-1-7(5-11(9)15(21)22)26(25)8-2-4-10(14(19)20)12(6-8)16(23)24;9-7(10)5-3-1-2-4-6(5)8(11)12/h1-6H,(H,17,18)(H,19,20)(H,21,22)(H,23,24);1-4H,(H,9,10)(H,11,12).